The lowest BCUT2D eigenvalue weighted by molar-refractivity contribution is 0.398. The van der Waals surface area contributed by atoms with E-state index < -0.39 is 0 Å². The molecule has 0 bridgehead atoms. The molecule has 0 aliphatic heterocycles. The van der Waals surface area contributed by atoms with Crippen molar-refractivity contribution in [2.45, 2.75) is 27.2 Å². The fraction of sp³-hybridized carbons (Fsp3) is 0.357. The van der Waals surface area contributed by atoms with E-state index in [0.29, 0.717) is 34.4 Å². The molecule has 0 saturated carbocycles. The molecular weight excluding hydrogens is 232 g/mol. The Morgan fingerprint density at radius 3 is 2.61 bits per heavy atom. The van der Waals surface area contributed by atoms with Crippen molar-refractivity contribution in [3.8, 4) is 11.5 Å². The summed E-state index contributed by atoms with van der Waals surface area (Å²) in [7, 11) is 1.52. The van der Waals surface area contributed by atoms with Crippen LogP contribution in [0.1, 0.15) is 23.8 Å². The lowest BCUT2D eigenvalue weighted by Crippen LogP contribution is -2.08. The number of aromatic hydroxyl groups is 1. The lowest BCUT2D eigenvalue weighted by atomic mass is 10.0. The smallest absolute Gasteiger partial charge is 0.196 e. The van der Waals surface area contributed by atoms with E-state index in [-0.39, 0.29) is 16.8 Å². The summed E-state index contributed by atoms with van der Waals surface area (Å²) in [5, 5.41) is 10.5. The minimum absolute atomic E-state index is 0.00736. The van der Waals surface area contributed by atoms with Gasteiger partial charge in [-0.2, -0.15) is 0 Å². The Balaban J connectivity index is 3.00. The summed E-state index contributed by atoms with van der Waals surface area (Å²) >= 11 is 0. The highest BCUT2D eigenvalue weighted by molar-refractivity contribution is 5.86. The number of methoxy groups -OCH3 is 1. The van der Waals surface area contributed by atoms with Crippen LogP contribution in [0.2, 0.25) is 0 Å². The van der Waals surface area contributed by atoms with Gasteiger partial charge in [0.25, 0.3) is 0 Å². The first-order chi connectivity index (χ1) is 8.51. The molecule has 1 aromatic carbocycles. The standard InChI is InChI=1S/C14H16O4/c1-5-9-11(17-4)6-10-12(15)7(2)8(3)18-14(10)13(9)16/h6,16H,5H2,1-4H3. The van der Waals surface area contributed by atoms with Crippen LogP contribution in [0.3, 0.4) is 0 Å². The third-order valence-corrected chi connectivity index (χ3v) is 3.26. The molecule has 0 fully saturated rings. The highest BCUT2D eigenvalue weighted by Crippen LogP contribution is 2.35. The summed E-state index contributed by atoms with van der Waals surface area (Å²) in [5.41, 5.74) is 1.30. The van der Waals surface area contributed by atoms with Gasteiger partial charge >= 0.3 is 0 Å². The molecule has 1 aromatic heterocycles. The normalized spacial score (nSPS) is 10.9. The molecule has 96 valence electrons. The van der Waals surface area contributed by atoms with Crippen LogP contribution in [0, 0.1) is 13.8 Å². The quantitative estimate of drug-likeness (QED) is 0.887. The van der Waals surface area contributed by atoms with E-state index in [4.69, 9.17) is 9.15 Å². The van der Waals surface area contributed by atoms with Gasteiger partial charge in [-0.15, -0.1) is 0 Å². The first-order valence-corrected chi connectivity index (χ1v) is 5.84. The van der Waals surface area contributed by atoms with Gasteiger partial charge in [0.1, 0.15) is 11.5 Å². The molecule has 18 heavy (non-hydrogen) atoms. The number of ether oxygens (including phenoxy) is 1. The van der Waals surface area contributed by atoms with Crippen molar-refractivity contribution >= 4 is 11.0 Å². The molecular formula is C14H16O4. The minimum Gasteiger partial charge on any atom is -0.504 e. The number of benzene rings is 1. The number of hydrogen-bond donors (Lipinski definition) is 1. The maximum atomic E-state index is 12.1. The van der Waals surface area contributed by atoms with Gasteiger partial charge in [0, 0.05) is 11.1 Å². The van der Waals surface area contributed by atoms with E-state index in [0.717, 1.165) is 0 Å². The van der Waals surface area contributed by atoms with Gasteiger partial charge in [-0.3, -0.25) is 4.79 Å². The highest BCUT2D eigenvalue weighted by atomic mass is 16.5. The third kappa shape index (κ3) is 1.65. The largest absolute Gasteiger partial charge is 0.504 e. The molecule has 0 spiro atoms. The van der Waals surface area contributed by atoms with Gasteiger partial charge in [-0.25, -0.2) is 0 Å². The summed E-state index contributed by atoms with van der Waals surface area (Å²) in [6.45, 7) is 5.33. The number of hydrogen-bond acceptors (Lipinski definition) is 4. The zero-order valence-electron chi connectivity index (χ0n) is 11.0. The Hall–Kier alpha value is -1.97. The SMILES string of the molecule is CCc1c(OC)cc2c(=O)c(C)c(C)oc2c1O. The number of aryl methyl sites for hydroxylation is 1. The fourth-order valence-electron chi connectivity index (χ4n) is 2.05. The number of rotatable bonds is 2. The topological polar surface area (TPSA) is 59.7 Å². The predicted molar refractivity (Wildman–Crippen MR) is 69.6 cm³/mol. The van der Waals surface area contributed by atoms with E-state index in [1.165, 1.54) is 7.11 Å². The zero-order valence-corrected chi connectivity index (χ0v) is 11.0. The Bertz CT molecular complexity index is 668. The van der Waals surface area contributed by atoms with Gasteiger partial charge in [-0.05, 0) is 26.3 Å². The molecule has 0 amide bonds. The molecule has 0 aliphatic rings. The summed E-state index contributed by atoms with van der Waals surface area (Å²) < 4.78 is 10.8. The molecule has 2 aromatic rings. The second-order valence-electron chi connectivity index (χ2n) is 4.25. The lowest BCUT2D eigenvalue weighted by Gasteiger charge is -2.12. The van der Waals surface area contributed by atoms with Crippen LogP contribution in [-0.4, -0.2) is 12.2 Å². The first-order valence-electron chi connectivity index (χ1n) is 5.84. The van der Waals surface area contributed by atoms with Crippen molar-refractivity contribution in [1.82, 2.24) is 0 Å². The Morgan fingerprint density at radius 2 is 2.06 bits per heavy atom. The van der Waals surface area contributed by atoms with Crippen LogP contribution in [0.15, 0.2) is 15.3 Å². The molecule has 0 atom stereocenters. The van der Waals surface area contributed by atoms with Gasteiger partial charge < -0.3 is 14.3 Å². The van der Waals surface area contributed by atoms with Gasteiger partial charge in [0.05, 0.1) is 12.5 Å². The molecule has 4 heteroatoms. The van der Waals surface area contributed by atoms with Gasteiger partial charge in [-0.1, -0.05) is 6.92 Å². The molecule has 0 saturated heterocycles. The summed E-state index contributed by atoms with van der Waals surface area (Å²) in [6, 6.07) is 1.63. The fourth-order valence-corrected chi connectivity index (χ4v) is 2.05. The third-order valence-electron chi connectivity index (χ3n) is 3.26. The van der Waals surface area contributed by atoms with Crippen LogP contribution in [0.25, 0.3) is 11.0 Å². The number of phenolic OH excluding ortho intramolecular Hbond substituents is 1. The summed E-state index contributed by atoms with van der Waals surface area (Å²) in [5.74, 6) is 1.03. The van der Waals surface area contributed by atoms with Crippen molar-refractivity contribution in [3.05, 3.63) is 33.2 Å². The molecule has 4 nitrogen and oxygen atoms in total. The van der Waals surface area contributed by atoms with Crippen LogP contribution in [0.5, 0.6) is 11.5 Å². The number of phenols is 1. The Labute approximate surface area is 105 Å². The second kappa shape index (κ2) is 4.37. The monoisotopic (exact) mass is 248 g/mol. The van der Waals surface area contributed by atoms with Crippen LogP contribution in [-0.2, 0) is 6.42 Å². The van der Waals surface area contributed by atoms with Crippen molar-refractivity contribution in [2.24, 2.45) is 0 Å². The van der Waals surface area contributed by atoms with Crippen molar-refractivity contribution in [2.75, 3.05) is 7.11 Å². The van der Waals surface area contributed by atoms with Crippen molar-refractivity contribution in [3.63, 3.8) is 0 Å². The van der Waals surface area contributed by atoms with Crippen LogP contribution < -0.4 is 10.2 Å². The minimum atomic E-state index is -0.134. The molecule has 0 aliphatic carbocycles. The van der Waals surface area contributed by atoms with Crippen molar-refractivity contribution in [1.29, 1.82) is 0 Å². The van der Waals surface area contributed by atoms with E-state index in [9.17, 15) is 9.90 Å². The van der Waals surface area contributed by atoms with E-state index in [1.807, 2.05) is 6.92 Å². The molecule has 1 heterocycles. The van der Waals surface area contributed by atoms with E-state index in [1.54, 1.807) is 19.9 Å². The maximum Gasteiger partial charge on any atom is 0.196 e. The van der Waals surface area contributed by atoms with Crippen molar-refractivity contribution < 1.29 is 14.3 Å². The number of fused-ring (bicyclic) bond motifs is 1. The molecule has 1 N–H and O–H groups in total. The van der Waals surface area contributed by atoms with Gasteiger partial charge in [0.2, 0.25) is 0 Å². The van der Waals surface area contributed by atoms with Crippen LogP contribution >= 0.6 is 0 Å². The van der Waals surface area contributed by atoms with E-state index in [2.05, 4.69) is 0 Å². The van der Waals surface area contributed by atoms with Crippen LogP contribution in [0.4, 0.5) is 0 Å². The average molecular weight is 248 g/mol. The zero-order chi connectivity index (χ0) is 13.4. The average Bonchev–Trinajstić information content (AvgIpc) is 2.37. The Kier molecular flexibility index (Phi) is 3.03. The highest BCUT2D eigenvalue weighted by Gasteiger charge is 2.17. The summed E-state index contributed by atoms with van der Waals surface area (Å²) in [6.07, 6.45) is 0.599. The predicted octanol–water partition coefficient (Wildman–Crippen LogP) is 2.69. The Morgan fingerprint density at radius 1 is 1.39 bits per heavy atom. The maximum absolute atomic E-state index is 12.1. The molecule has 2 rings (SSSR count). The molecule has 0 unspecified atom stereocenters. The summed E-state index contributed by atoms with van der Waals surface area (Å²) in [4.78, 5) is 12.1. The first kappa shape index (κ1) is 12.5. The molecule has 0 radical (unpaired) electrons. The second-order valence-corrected chi connectivity index (χ2v) is 4.25. The van der Waals surface area contributed by atoms with E-state index >= 15 is 0 Å². The van der Waals surface area contributed by atoms with Gasteiger partial charge in [0.15, 0.2) is 16.8 Å².